The lowest BCUT2D eigenvalue weighted by molar-refractivity contribution is -0.128. The number of amides is 4. The number of anilines is 1. The second-order valence-electron chi connectivity index (χ2n) is 7.93. The van der Waals surface area contributed by atoms with E-state index in [1.54, 1.807) is 66.5 Å². The Morgan fingerprint density at radius 3 is 2.18 bits per heavy atom. The number of hydrogen-bond acceptors (Lipinski definition) is 4. The van der Waals surface area contributed by atoms with Crippen LogP contribution in [0.3, 0.4) is 0 Å². The maximum absolute atomic E-state index is 12.9. The topological polar surface area (TPSA) is 86.8 Å². The average Bonchev–Trinajstić information content (AvgIpc) is 3.05. The average molecular weight is 441 g/mol. The molecule has 4 amide bonds. The van der Waals surface area contributed by atoms with Gasteiger partial charge in [-0.3, -0.25) is 24.1 Å². The molecule has 33 heavy (non-hydrogen) atoms. The zero-order valence-electron chi connectivity index (χ0n) is 18.4. The number of hydrogen-bond donors (Lipinski definition) is 1. The van der Waals surface area contributed by atoms with Crippen LogP contribution in [0.5, 0.6) is 0 Å². The molecule has 0 saturated heterocycles. The predicted molar refractivity (Wildman–Crippen MR) is 124 cm³/mol. The highest BCUT2D eigenvalue weighted by molar-refractivity contribution is 6.21. The molecule has 7 heteroatoms. The molecule has 0 saturated carbocycles. The van der Waals surface area contributed by atoms with Gasteiger partial charge in [0.15, 0.2) is 0 Å². The molecule has 0 aromatic heterocycles. The quantitative estimate of drug-likeness (QED) is 0.591. The fourth-order valence-corrected chi connectivity index (χ4v) is 3.72. The van der Waals surface area contributed by atoms with Crippen molar-refractivity contribution in [3.05, 3.63) is 101 Å². The minimum atomic E-state index is -0.339. The summed E-state index contributed by atoms with van der Waals surface area (Å²) in [7, 11) is 1.70. The van der Waals surface area contributed by atoms with Gasteiger partial charge in [-0.25, -0.2) is 0 Å². The number of para-hydroxylation sites is 1. The molecule has 7 nitrogen and oxygen atoms in total. The molecule has 1 aliphatic heterocycles. The van der Waals surface area contributed by atoms with Gasteiger partial charge in [-0.15, -0.1) is 0 Å². The number of carbonyl (C=O) groups excluding carboxylic acids is 4. The minimum Gasteiger partial charge on any atom is -0.342 e. The van der Waals surface area contributed by atoms with Gasteiger partial charge in [-0.05, 0) is 41.5 Å². The Morgan fingerprint density at radius 2 is 1.52 bits per heavy atom. The first kappa shape index (κ1) is 22.0. The van der Waals surface area contributed by atoms with Crippen molar-refractivity contribution in [3.8, 4) is 0 Å². The first-order chi connectivity index (χ1) is 15.8. The van der Waals surface area contributed by atoms with Crippen LogP contribution in [-0.2, 0) is 17.9 Å². The first-order valence-electron chi connectivity index (χ1n) is 10.5. The molecule has 1 N–H and O–H groups in total. The van der Waals surface area contributed by atoms with E-state index in [2.05, 4.69) is 5.32 Å². The Kier molecular flexibility index (Phi) is 6.04. The van der Waals surface area contributed by atoms with Gasteiger partial charge in [-0.2, -0.15) is 0 Å². The fraction of sp³-hybridized carbons (Fsp3) is 0.154. The molecular weight excluding hydrogens is 418 g/mol. The Labute approximate surface area is 191 Å². The number of fused-ring (bicyclic) bond motifs is 1. The summed E-state index contributed by atoms with van der Waals surface area (Å²) in [5, 5.41) is 2.90. The van der Waals surface area contributed by atoms with Crippen LogP contribution in [0.15, 0.2) is 72.8 Å². The Hall–Kier alpha value is -4.26. The van der Waals surface area contributed by atoms with Gasteiger partial charge in [0.25, 0.3) is 17.7 Å². The third kappa shape index (κ3) is 4.52. The molecule has 0 aliphatic carbocycles. The summed E-state index contributed by atoms with van der Waals surface area (Å²) in [4.78, 5) is 52.6. The van der Waals surface area contributed by atoms with Crippen LogP contribution in [0.4, 0.5) is 5.69 Å². The Morgan fingerprint density at radius 1 is 0.879 bits per heavy atom. The van der Waals surface area contributed by atoms with E-state index in [1.165, 1.54) is 11.8 Å². The van der Waals surface area contributed by atoms with Crippen molar-refractivity contribution < 1.29 is 19.2 Å². The molecule has 0 atom stereocenters. The van der Waals surface area contributed by atoms with Crippen LogP contribution < -0.4 is 5.32 Å². The lowest BCUT2D eigenvalue weighted by Gasteiger charge is -2.18. The summed E-state index contributed by atoms with van der Waals surface area (Å²) < 4.78 is 0. The highest BCUT2D eigenvalue weighted by Gasteiger charge is 2.35. The summed E-state index contributed by atoms with van der Waals surface area (Å²) in [5.74, 6) is -1.07. The van der Waals surface area contributed by atoms with Crippen LogP contribution in [0.2, 0.25) is 0 Å². The van der Waals surface area contributed by atoms with Crippen LogP contribution in [-0.4, -0.2) is 40.5 Å². The second-order valence-corrected chi connectivity index (χ2v) is 7.93. The summed E-state index contributed by atoms with van der Waals surface area (Å²) in [5.41, 5.74) is 3.28. The van der Waals surface area contributed by atoms with Crippen LogP contribution >= 0.6 is 0 Å². The smallest absolute Gasteiger partial charge is 0.261 e. The van der Waals surface area contributed by atoms with Crippen LogP contribution in [0.25, 0.3) is 0 Å². The van der Waals surface area contributed by atoms with Crippen molar-refractivity contribution >= 4 is 29.3 Å². The molecule has 3 aromatic rings. The van der Waals surface area contributed by atoms with Crippen molar-refractivity contribution in [1.82, 2.24) is 9.80 Å². The summed E-state index contributed by atoms with van der Waals surface area (Å²) >= 11 is 0. The lowest BCUT2D eigenvalue weighted by atomic mass is 10.1. The third-order valence-corrected chi connectivity index (χ3v) is 5.62. The second kappa shape index (κ2) is 9.08. The largest absolute Gasteiger partial charge is 0.342 e. The molecule has 166 valence electrons. The molecule has 0 spiro atoms. The van der Waals surface area contributed by atoms with E-state index >= 15 is 0 Å². The van der Waals surface area contributed by atoms with E-state index in [9.17, 15) is 19.2 Å². The van der Waals surface area contributed by atoms with Gasteiger partial charge in [0.05, 0.1) is 17.7 Å². The maximum atomic E-state index is 12.9. The van der Waals surface area contributed by atoms with Crippen molar-refractivity contribution in [2.24, 2.45) is 0 Å². The molecule has 0 fully saturated rings. The summed E-state index contributed by atoms with van der Waals surface area (Å²) in [6, 6.07) is 20.9. The standard InChI is InChI=1S/C26H23N3O4/c1-17(30)28(2)16-20-9-3-6-13-23(20)27-24(31)19-10-7-8-18(14-19)15-29-25(32)21-11-4-5-12-22(21)26(29)33/h3-14H,15-16H2,1-2H3,(H,27,31). The van der Waals surface area contributed by atoms with E-state index in [0.29, 0.717) is 34.5 Å². The zero-order valence-corrected chi connectivity index (χ0v) is 18.4. The molecule has 3 aromatic carbocycles. The highest BCUT2D eigenvalue weighted by Crippen LogP contribution is 2.25. The van der Waals surface area contributed by atoms with E-state index in [4.69, 9.17) is 0 Å². The Balaban J connectivity index is 1.50. The number of benzene rings is 3. The van der Waals surface area contributed by atoms with Crippen LogP contribution in [0.1, 0.15) is 49.1 Å². The van der Waals surface area contributed by atoms with Crippen molar-refractivity contribution in [1.29, 1.82) is 0 Å². The highest BCUT2D eigenvalue weighted by atomic mass is 16.2. The normalized spacial score (nSPS) is 12.5. The molecule has 1 heterocycles. The number of nitrogens with zero attached hydrogens (tertiary/aromatic N) is 2. The molecule has 1 aliphatic rings. The van der Waals surface area contributed by atoms with E-state index in [0.717, 1.165) is 5.56 Å². The summed E-state index contributed by atoms with van der Waals surface area (Å²) in [6.07, 6.45) is 0. The zero-order chi connectivity index (χ0) is 23.5. The minimum absolute atomic E-state index is 0.0722. The van der Waals surface area contributed by atoms with Crippen molar-refractivity contribution in [3.63, 3.8) is 0 Å². The van der Waals surface area contributed by atoms with Gasteiger partial charge < -0.3 is 10.2 Å². The van der Waals surface area contributed by atoms with Gasteiger partial charge >= 0.3 is 0 Å². The monoisotopic (exact) mass is 441 g/mol. The predicted octanol–water partition coefficient (Wildman–Crippen LogP) is 3.71. The number of carbonyl (C=O) groups is 4. The number of nitrogens with one attached hydrogen (secondary N) is 1. The van der Waals surface area contributed by atoms with E-state index < -0.39 is 0 Å². The molecule has 0 radical (unpaired) electrons. The van der Waals surface area contributed by atoms with Gasteiger partial charge in [0, 0.05) is 31.8 Å². The number of rotatable bonds is 6. The first-order valence-corrected chi connectivity index (χ1v) is 10.5. The molecule has 0 bridgehead atoms. The van der Waals surface area contributed by atoms with E-state index in [1.807, 2.05) is 18.2 Å². The fourth-order valence-electron chi connectivity index (χ4n) is 3.72. The van der Waals surface area contributed by atoms with Crippen molar-refractivity contribution in [2.45, 2.75) is 20.0 Å². The van der Waals surface area contributed by atoms with Gasteiger partial charge in [-0.1, -0.05) is 42.5 Å². The third-order valence-electron chi connectivity index (χ3n) is 5.62. The lowest BCUT2D eigenvalue weighted by Crippen LogP contribution is -2.29. The molecular formula is C26H23N3O4. The van der Waals surface area contributed by atoms with Gasteiger partial charge in [0.2, 0.25) is 5.91 Å². The van der Waals surface area contributed by atoms with E-state index in [-0.39, 0.29) is 30.2 Å². The Bertz CT molecular complexity index is 1230. The van der Waals surface area contributed by atoms with Crippen molar-refractivity contribution in [2.75, 3.05) is 12.4 Å². The molecule has 4 rings (SSSR count). The SMILES string of the molecule is CC(=O)N(C)Cc1ccccc1NC(=O)c1cccc(CN2C(=O)c3ccccc3C2=O)c1. The van der Waals surface area contributed by atoms with Crippen LogP contribution in [0, 0.1) is 0 Å². The summed E-state index contributed by atoms with van der Waals surface area (Å²) in [6.45, 7) is 1.93. The maximum Gasteiger partial charge on any atom is 0.261 e. The molecule has 0 unspecified atom stereocenters. The number of imide groups is 1. The van der Waals surface area contributed by atoms with Gasteiger partial charge in [0.1, 0.15) is 0 Å².